The van der Waals surface area contributed by atoms with Crippen LogP contribution in [0.25, 0.3) is 0 Å². The van der Waals surface area contributed by atoms with E-state index in [0.29, 0.717) is 6.61 Å². The second-order valence-electron chi connectivity index (χ2n) is 5.30. The van der Waals surface area contributed by atoms with Gasteiger partial charge in [-0.05, 0) is 56.2 Å². The molecule has 0 saturated heterocycles. The molecule has 0 amide bonds. The van der Waals surface area contributed by atoms with Crippen molar-refractivity contribution in [1.29, 1.82) is 0 Å². The number of benzene rings is 1. The Labute approximate surface area is 104 Å². The van der Waals surface area contributed by atoms with Gasteiger partial charge in [0.15, 0.2) is 0 Å². The zero-order valence-electron chi connectivity index (χ0n) is 10.9. The topological polar surface area (TPSA) is 35.2 Å². The lowest BCUT2D eigenvalue weighted by Crippen LogP contribution is -2.40. The number of hydrogen-bond donors (Lipinski definition) is 1. The van der Waals surface area contributed by atoms with Gasteiger partial charge in [0.05, 0.1) is 6.61 Å². The molecule has 0 aliphatic heterocycles. The second kappa shape index (κ2) is 5.09. The minimum absolute atomic E-state index is 0.139. The van der Waals surface area contributed by atoms with Crippen molar-refractivity contribution in [2.45, 2.75) is 45.1 Å². The highest BCUT2D eigenvalue weighted by Crippen LogP contribution is 2.38. The summed E-state index contributed by atoms with van der Waals surface area (Å²) in [5, 5.41) is 0. The molecule has 17 heavy (non-hydrogen) atoms. The van der Waals surface area contributed by atoms with Gasteiger partial charge < -0.3 is 10.5 Å². The standard InChI is InChI=1S/C15H23NO/c1-3-17-14-6-4-5-13(11-14)15(16)9-7-12(2)8-10-15/h4-6,11-12H,3,7-10,16H2,1-2H3. The van der Waals surface area contributed by atoms with E-state index in [4.69, 9.17) is 10.5 Å². The first-order valence-corrected chi connectivity index (χ1v) is 6.66. The Balaban J connectivity index is 2.17. The number of ether oxygens (including phenoxy) is 1. The van der Waals surface area contributed by atoms with Gasteiger partial charge in [-0.2, -0.15) is 0 Å². The van der Waals surface area contributed by atoms with E-state index < -0.39 is 0 Å². The summed E-state index contributed by atoms with van der Waals surface area (Å²) in [6.45, 7) is 5.03. The Morgan fingerprint density at radius 2 is 2.06 bits per heavy atom. The molecule has 1 saturated carbocycles. The fraction of sp³-hybridized carbons (Fsp3) is 0.600. The summed E-state index contributed by atoms with van der Waals surface area (Å²) < 4.78 is 5.55. The van der Waals surface area contributed by atoms with Crippen LogP contribution in [0.2, 0.25) is 0 Å². The van der Waals surface area contributed by atoms with Crippen LogP contribution < -0.4 is 10.5 Å². The lowest BCUT2D eigenvalue weighted by Gasteiger charge is -2.36. The van der Waals surface area contributed by atoms with E-state index in [9.17, 15) is 0 Å². The third-order valence-corrected chi connectivity index (χ3v) is 3.89. The molecular weight excluding hydrogens is 210 g/mol. The van der Waals surface area contributed by atoms with E-state index in [1.807, 2.05) is 19.1 Å². The van der Waals surface area contributed by atoms with Crippen LogP contribution in [0, 0.1) is 5.92 Å². The summed E-state index contributed by atoms with van der Waals surface area (Å²) in [7, 11) is 0. The van der Waals surface area contributed by atoms with E-state index in [0.717, 1.165) is 24.5 Å². The Kier molecular flexibility index (Phi) is 3.72. The van der Waals surface area contributed by atoms with Crippen LogP contribution in [-0.2, 0) is 5.54 Å². The molecule has 2 heteroatoms. The molecule has 2 nitrogen and oxygen atoms in total. The Bertz CT molecular complexity index is 367. The molecule has 0 bridgehead atoms. The lowest BCUT2D eigenvalue weighted by atomic mass is 9.74. The summed E-state index contributed by atoms with van der Waals surface area (Å²) in [6, 6.07) is 8.30. The van der Waals surface area contributed by atoms with Crippen molar-refractivity contribution in [3.8, 4) is 5.75 Å². The SMILES string of the molecule is CCOc1cccc(C2(N)CCC(C)CC2)c1. The summed E-state index contributed by atoms with van der Waals surface area (Å²) in [5.74, 6) is 1.76. The van der Waals surface area contributed by atoms with Gasteiger partial charge in [-0.25, -0.2) is 0 Å². The van der Waals surface area contributed by atoms with Crippen LogP contribution in [0.4, 0.5) is 0 Å². The van der Waals surface area contributed by atoms with Crippen LogP contribution >= 0.6 is 0 Å². The van der Waals surface area contributed by atoms with Crippen LogP contribution in [0.3, 0.4) is 0 Å². The number of hydrogen-bond acceptors (Lipinski definition) is 2. The maximum absolute atomic E-state index is 6.55. The first-order chi connectivity index (χ1) is 8.14. The molecule has 94 valence electrons. The average molecular weight is 233 g/mol. The summed E-state index contributed by atoms with van der Waals surface area (Å²) >= 11 is 0. The van der Waals surface area contributed by atoms with Crippen molar-refractivity contribution in [3.05, 3.63) is 29.8 Å². The van der Waals surface area contributed by atoms with Crippen molar-refractivity contribution in [2.75, 3.05) is 6.61 Å². The highest BCUT2D eigenvalue weighted by Gasteiger charge is 2.31. The molecule has 2 rings (SSSR count). The van der Waals surface area contributed by atoms with E-state index in [-0.39, 0.29) is 5.54 Å². The molecule has 0 unspecified atom stereocenters. The molecule has 1 aromatic carbocycles. The van der Waals surface area contributed by atoms with E-state index in [1.165, 1.54) is 18.4 Å². The minimum atomic E-state index is -0.139. The first-order valence-electron chi connectivity index (χ1n) is 6.66. The zero-order valence-corrected chi connectivity index (χ0v) is 10.9. The highest BCUT2D eigenvalue weighted by atomic mass is 16.5. The molecule has 1 fully saturated rings. The molecule has 1 aromatic rings. The molecule has 1 aliphatic rings. The quantitative estimate of drug-likeness (QED) is 0.868. The highest BCUT2D eigenvalue weighted by molar-refractivity contribution is 5.33. The predicted octanol–water partition coefficient (Wildman–Crippen LogP) is 3.45. The number of nitrogens with two attached hydrogens (primary N) is 1. The van der Waals surface area contributed by atoms with Crippen LogP contribution in [-0.4, -0.2) is 6.61 Å². The molecule has 2 N–H and O–H groups in total. The van der Waals surface area contributed by atoms with E-state index >= 15 is 0 Å². The van der Waals surface area contributed by atoms with Crippen molar-refractivity contribution in [2.24, 2.45) is 11.7 Å². The van der Waals surface area contributed by atoms with Crippen molar-refractivity contribution >= 4 is 0 Å². The maximum Gasteiger partial charge on any atom is 0.119 e. The lowest BCUT2D eigenvalue weighted by molar-refractivity contribution is 0.247. The van der Waals surface area contributed by atoms with Gasteiger partial charge in [0.1, 0.15) is 5.75 Å². The minimum Gasteiger partial charge on any atom is -0.494 e. The summed E-state index contributed by atoms with van der Waals surface area (Å²) in [4.78, 5) is 0. The molecular formula is C15H23NO. The fourth-order valence-corrected chi connectivity index (χ4v) is 2.63. The van der Waals surface area contributed by atoms with Gasteiger partial charge in [0.2, 0.25) is 0 Å². The van der Waals surface area contributed by atoms with Crippen LogP contribution in [0.1, 0.15) is 45.1 Å². The van der Waals surface area contributed by atoms with Gasteiger partial charge in [0, 0.05) is 5.54 Å². The van der Waals surface area contributed by atoms with Gasteiger partial charge in [-0.15, -0.1) is 0 Å². The molecule has 0 radical (unpaired) electrons. The first kappa shape index (κ1) is 12.4. The van der Waals surface area contributed by atoms with Gasteiger partial charge in [-0.1, -0.05) is 19.1 Å². The van der Waals surface area contributed by atoms with Crippen LogP contribution in [0.15, 0.2) is 24.3 Å². The summed E-state index contributed by atoms with van der Waals surface area (Å²) in [5.41, 5.74) is 7.64. The molecule has 0 spiro atoms. The summed E-state index contributed by atoms with van der Waals surface area (Å²) in [6.07, 6.45) is 4.64. The maximum atomic E-state index is 6.55. The Hall–Kier alpha value is -1.02. The monoisotopic (exact) mass is 233 g/mol. The van der Waals surface area contributed by atoms with Crippen molar-refractivity contribution in [3.63, 3.8) is 0 Å². The predicted molar refractivity (Wildman–Crippen MR) is 71.1 cm³/mol. The molecule has 0 atom stereocenters. The van der Waals surface area contributed by atoms with Gasteiger partial charge >= 0.3 is 0 Å². The van der Waals surface area contributed by atoms with E-state index in [2.05, 4.69) is 19.1 Å². The normalized spacial score (nSPS) is 29.0. The third kappa shape index (κ3) is 2.81. The van der Waals surface area contributed by atoms with E-state index in [1.54, 1.807) is 0 Å². The number of rotatable bonds is 3. The smallest absolute Gasteiger partial charge is 0.119 e. The Morgan fingerprint density at radius 1 is 1.35 bits per heavy atom. The van der Waals surface area contributed by atoms with Gasteiger partial charge in [-0.3, -0.25) is 0 Å². The zero-order chi connectivity index (χ0) is 12.3. The fourth-order valence-electron chi connectivity index (χ4n) is 2.63. The van der Waals surface area contributed by atoms with Gasteiger partial charge in [0.25, 0.3) is 0 Å². The second-order valence-corrected chi connectivity index (χ2v) is 5.30. The largest absolute Gasteiger partial charge is 0.494 e. The van der Waals surface area contributed by atoms with Crippen molar-refractivity contribution in [1.82, 2.24) is 0 Å². The average Bonchev–Trinajstić information content (AvgIpc) is 2.34. The third-order valence-electron chi connectivity index (χ3n) is 3.89. The molecule has 0 heterocycles. The molecule has 0 aromatic heterocycles. The Morgan fingerprint density at radius 3 is 2.71 bits per heavy atom. The van der Waals surface area contributed by atoms with Crippen molar-refractivity contribution < 1.29 is 4.74 Å². The molecule has 1 aliphatic carbocycles. The van der Waals surface area contributed by atoms with Crippen LogP contribution in [0.5, 0.6) is 5.75 Å².